The van der Waals surface area contributed by atoms with E-state index in [0.717, 1.165) is 34.1 Å². The van der Waals surface area contributed by atoms with Crippen molar-refractivity contribution in [2.75, 3.05) is 7.11 Å². The zero-order chi connectivity index (χ0) is 23.7. The highest BCUT2D eigenvalue weighted by Crippen LogP contribution is 2.32. The number of hydrogen-bond acceptors (Lipinski definition) is 5. The fraction of sp³-hybridized carbons (Fsp3) is 0.148. The van der Waals surface area contributed by atoms with E-state index in [0.29, 0.717) is 23.8 Å². The van der Waals surface area contributed by atoms with Crippen molar-refractivity contribution in [3.63, 3.8) is 0 Å². The number of aryl methyl sites for hydroxylation is 1. The van der Waals surface area contributed by atoms with E-state index in [1.807, 2.05) is 36.4 Å². The number of aromatic carboxylic acids is 1. The summed E-state index contributed by atoms with van der Waals surface area (Å²) in [7, 11) is 1.68. The Hall–Kier alpha value is -4.23. The molecule has 0 unspecified atom stereocenters. The topological polar surface area (TPSA) is 101 Å². The fourth-order valence-electron chi connectivity index (χ4n) is 4.20. The highest BCUT2D eigenvalue weighted by molar-refractivity contribution is 5.94. The van der Waals surface area contributed by atoms with Gasteiger partial charge in [-0.05, 0) is 52.9 Å². The van der Waals surface area contributed by atoms with Crippen LogP contribution < -0.4 is 0 Å². The summed E-state index contributed by atoms with van der Waals surface area (Å²) in [6, 6.07) is 21.5. The first-order valence-electron chi connectivity index (χ1n) is 11.0. The minimum absolute atomic E-state index is 0.136. The van der Waals surface area contributed by atoms with E-state index < -0.39 is 5.97 Å². The van der Waals surface area contributed by atoms with Crippen LogP contribution in [0.5, 0.6) is 0 Å². The molecule has 0 spiro atoms. The molecule has 3 aromatic carbocycles. The van der Waals surface area contributed by atoms with Gasteiger partial charge < -0.3 is 19.4 Å². The Balaban J connectivity index is 1.50. The zero-order valence-electron chi connectivity index (χ0n) is 18.8. The van der Waals surface area contributed by atoms with E-state index in [4.69, 9.17) is 9.26 Å². The van der Waals surface area contributed by atoms with Crippen molar-refractivity contribution in [2.45, 2.75) is 20.0 Å². The summed E-state index contributed by atoms with van der Waals surface area (Å²) in [4.78, 5) is 18.7. The van der Waals surface area contributed by atoms with Gasteiger partial charge in [-0.1, -0.05) is 54.5 Å². The number of rotatable bonds is 7. The lowest BCUT2D eigenvalue weighted by atomic mass is 9.93. The molecule has 7 nitrogen and oxygen atoms in total. The van der Waals surface area contributed by atoms with Crippen molar-refractivity contribution in [3.05, 3.63) is 83.6 Å². The quantitative estimate of drug-likeness (QED) is 0.315. The molecule has 0 radical (unpaired) electrons. The van der Waals surface area contributed by atoms with Gasteiger partial charge in [-0.2, -0.15) is 4.98 Å². The molecule has 5 rings (SSSR count). The maximum absolute atomic E-state index is 11.2. The summed E-state index contributed by atoms with van der Waals surface area (Å²) in [6.45, 7) is 2.60. The highest BCUT2D eigenvalue weighted by Gasteiger charge is 2.16. The molecule has 0 atom stereocenters. The SMILES string of the molecule is CCc1ccccc1-c1ccc(-c2nc(-c3ccc4cc(C(=O)O)[nH]c4c3)no2)cc1COC. The summed E-state index contributed by atoms with van der Waals surface area (Å²) in [5.41, 5.74) is 6.99. The van der Waals surface area contributed by atoms with Crippen LogP contribution in [0.3, 0.4) is 0 Å². The van der Waals surface area contributed by atoms with Crippen molar-refractivity contribution < 1.29 is 19.2 Å². The largest absolute Gasteiger partial charge is 0.477 e. The third kappa shape index (κ3) is 3.97. The number of hydrogen-bond donors (Lipinski definition) is 2. The molecule has 0 aliphatic heterocycles. The number of aromatic nitrogens is 3. The summed E-state index contributed by atoms with van der Waals surface area (Å²) < 4.78 is 11.1. The van der Waals surface area contributed by atoms with Crippen molar-refractivity contribution in [3.8, 4) is 34.0 Å². The Morgan fingerprint density at radius 2 is 1.79 bits per heavy atom. The number of carbonyl (C=O) groups is 1. The molecular weight excluding hydrogens is 430 g/mol. The minimum atomic E-state index is -1.00. The molecular formula is C27H23N3O4. The molecule has 2 N–H and O–H groups in total. The van der Waals surface area contributed by atoms with Crippen LogP contribution in [0.2, 0.25) is 0 Å². The number of carboxylic acid groups (broad SMARTS) is 1. The number of aromatic amines is 1. The van der Waals surface area contributed by atoms with Crippen molar-refractivity contribution in [1.82, 2.24) is 15.1 Å². The molecule has 34 heavy (non-hydrogen) atoms. The van der Waals surface area contributed by atoms with Gasteiger partial charge in [-0.25, -0.2) is 4.79 Å². The molecule has 5 aromatic rings. The van der Waals surface area contributed by atoms with Crippen molar-refractivity contribution in [1.29, 1.82) is 0 Å². The van der Waals surface area contributed by atoms with Gasteiger partial charge in [0.25, 0.3) is 5.89 Å². The molecule has 7 heteroatoms. The van der Waals surface area contributed by atoms with Gasteiger partial charge in [-0.3, -0.25) is 0 Å². The molecule has 0 aliphatic rings. The Morgan fingerprint density at radius 3 is 2.59 bits per heavy atom. The third-order valence-corrected chi connectivity index (χ3v) is 5.88. The molecule has 170 valence electrons. The molecule has 2 heterocycles. The lowest BCUT2D eigenvalue weighted by Crippen LogP contribution is -1.96. The lowest BCUT2D eigenvalue weighted by molar-refractivity contribution is 0.0691. The van der Waals surface area contributed by atoms with Gasteiger partial charge >= 0.3 is 5.97 Å². The summed E-state index contributed by atoms with van der Waals surface area (Å²) in [5.74, 6) is -0.172. The van der Waals surface area contributed by atoms with Gasteiger partial charge in [0.1, 0.15) is 5.69 Å². The van der Waals surface area contributed by atoms with Crippen LogP contribution in [0.1, 0.15) is 28.5 Å². The Morgan fingerprint density at radius 1 is 1.00 bits per heavy atom. The second-order valence-corrected chi connectivity index (χ2v) is 8.03. The van der Waals surface area contributed by atoms with E-state index >= 15 is 0 Å². The maximum atomic E-state index is 11.2. The molecule has 0 saturated heterocycles. The predicted molar refractivity (Wildman–Crippen MR) is 130 cm³/mol. The van der Waals surface area contributed by atoms with Gasteiger partial charge in [-0.15, -0.1) is 0 Å². The second-order valence-electron chi connectivity index (χ2n) is 8.03. The average Bonchev–Trinajstić information content (AvgIpc) is 3.51. The molecule has 0 bridgehead atoms. The number of H-pyrrole nitrogens is 1. The summed E-state index contributed by atoms with van der Waals surface area (Å²) in [6.07, 6.45) is 0.941. The molecule has 0 fully saturated rings. The normalized spacial score (nSPS) is 11.2. The third-order valence-electron chi connectivity index (χ3n) is 5.88. The van der Waals surface area contributed by atoms with Crippen LogP contribution in [0.15, 0.2) is 71.3 Å². The number of nitrogens with one attached hydrogen (secondary N) is 1. The number of nitrogens with zero attached hydrogens (tertiary/aromatic N) is 2. The smallest absolute Gasteiger partial charge is 0.352 e. The number of carboxylic acids is 1. The van der Waals surface area contributed by atoms with Gasteiger partial charge in [0, 0.05) is 29.1 Å². The summed E-state index contributed by atoms with van der Waals surface area (Å²) >= 11 is 0. The zero-order valence-corrected chi connectivity index (χ0v) is 18.8. The maximum Gasteiger partial charge on any atom is 0.352 e. The first kappa shape index (κ1) is 21.6. The molecule has 2 aromatic heterocycles. The second kappa shape index (κ2) is 8.96. The van der Waals surface area contributed by atoms with E-state index in [9.17, 15) is 9.90 Å². The van der Waals surface area contributed by atoms with Crippen molar-refractivity contribution >= 4 is 16.9 Å². The van der Waals surface area contributed by atoms with E-state index in [1.165, 1.54) is 11.1 Å². The molecule has 0 saturated carbocycles. The standard InChI is InChI=1S/C27H23N3O4/c1-3-16-6-4-5-7-21(16)22-11-10-19(12-20(22)15-33-2)26-29-25(30-34-26)18-9-8-17-13-24(27(31)32)28-23(17)14-18/h4-14,28H,3,15H2,1-2H3,(H,31,32). The number of benzene rings is 3. The minimum Gasteiger partial charge on any atom is -0.477 e. The predicted octanol–water partition coefficient (Wildman–Crippen LogP) is 5.96. The Kier molecular flexibility index (Phi) is 5.69. The van der Waals surface area contributed by atoms with Gasteiger partial charge in [0.05, 0.1) is 6.61 Å². The first-order valence-corrected chi connectivity index (χ1v) is 11.0. The highest BCUT2D eigenvalue weighted by atomic mass is 16.5. The lowest BCUT2D eigenvalue weighted by Gasteiger charge is -2.13. The monoisotopic (exact) mass is 453 g/mol. The van der Waals surface area contributed by atoms with Crippen molar-refractivity contribution in [2.24, 2.45) is 0 Å². The number of ether oxygens (including phenoxy) is 1. The van der Waals surface area contributed by atoms with Crippen LogP contribution in [0, 0.1) is 0 Å². The summed E-state index contributed by atoms with van der Waals surface area (Å²) in [5, 5.41) is 14.2. The Labute approximate surface area is 196 Å². The number of methoxy groups -OCH3 is 1. The van der Waals surface area contributed by atoms with E-state index in [-0.39, 0.29) is 5.69 Å². The van der Waals surface area contributed by atoms with Crippen LogP contribution in [0.4, 0.5) is 0 Å². The number of fused-ring (bicyclic) bond motifs is 1. The van der Waals surface area contributed by atoms with Crippen LogP contribution in [-0.4, -0.2) is 33.3 Å². The van der Waals surface area contributed by atoms with Crippen LogP contribution >= 0.6 is 0 Å². The molecule has 0 aliphatic carbocycles. The molecule has 0 amide bonds. The van der Waals surface area contributed by atoms with Crippen LogP contribution in [0.25, 0.3) is 44.9 Å². The fourth-order valence-corrected chi connectivity index (χ4v) is 4.20. The van der Waals surface area contributed by atoms with Crippen LogP contribution in [-0.2, 0) is 17.8 Å². The van der Waals surface area contributed by atoms with Gasteiger partial charge in [0.2, 0.25) is 5.82 Å². The van der Waals surface area contributed by atoms with E-state index in [1.54, 1.807) is 13.2 Å². The first-order chi connectivity index (χ1) is 16.6. The van der Waals surface area contributed by atoms with Gasteiger partial charge in [0.15, 0.2) is 0 Å². The average molecular weight is 453 g/mol. The Bertz CT molecular complexity index is 1500. The van der Waals surface area contributed by atoms with E-state index in [2.05, 4.69) is 46.3 Å².